The van der Waals surface area contributed by atoms with Crippen LogP contribution >= 0.6 is 0 Å². The number of allylic oxidation sites excluding steroid dienone is 2. The van der Waals surface area contributed by atoms with Crippen LogP contribution in [0.3, 0.4) is 0 Å². The molecule has 3 saturated carbocycles. The Bertz CT molecular complexity index is 677. The molecule has 1 aromatic heterocycles. The van der Waals surface area contributed by atoms with Crippen molar-refractivity contribution in [2.24, 2.45) is 28.6 Å². The van der Waals surface area contributed by atoms with Gasteiger partial charge < -0.3 is 0 Å². The van der Waals surface area contributed by atoms with Gasteiger partial charge in [-0.1, -0.05) is 31.6 Å². The van der Waals surface area contributed by atoms with Gasteiger partial charge in [-0.25, -0.2) is 0 Å². The largest absolute Gasteiger partial charge is 0.264 e. The van der Waals surface area contributed by atoms with E-state index in [9.17, 15) is 0 Å². The molecule has 0 unspecified atom stereocenters. The summed E-state index contributed by atoms with van der Waals surface area (Å²) in [4.78, 5) is 4.44. The third-order valence-electron chi connectivity index (χ3n) is 9.11. The van der Waals surface area contributed by atoms with Crippen LogP contribution in [0.5, 0.6) is 0 Å². The van der Waals surface area contributed by atoms with Crippen molar-refractivity contribution in [2.45, 2.75) is 77.6 Å². The Hall–Kier alpha value is -1.11. The molecule has 1 heteroatoms. The first-order valence-electron chi connectivity index (χ1n) is 10.7. The molecule has 4 aliphatic carbocycles. The highest BCUT2D eigenvalue weighted by Gasteiger charge is 2.58. The second-order valence-electron chi connectivity index (χ2n) is 9.92. The Morgan fingerprint density at radius 1 is 1.04 bits per heavy atom. The lowest BCUT2D eigenvalue weighted by atomic mass is 9.46. The van der Waals surface area contributed by atoms with Gasteiger partial charge in [0.05, 0.1) is 0 Å². The molecular weight excluding hydrogens is 302 g/mol. The number of hydrogen-bond donors (Lipinski definition) is 0. The van der Waals surface area contributed by atoms with Gasteiger partial charge >= 0.3 is 0 Å². The van der Waals surface area contributed by atoms with Crippen LogP contribution in [0.2, 0.25) is 0 Å². The molecular formula is C24H33N. The second kappa shape index (κ2) is 5.69. The average molecular weight is 336 g/mol. The normalized spacial score (nSPS) is 45.9. The maximum absolute atomic E-state index is 4.44. The summed E-state index contributed by atoms with van der Waals surface area (Å²) in [5.74, 6) is 3.61. The third kappa shape index (κ3) is 2.23. The quantitative estimate of drug-likeness (QED) is 0.532. The first-order valence-corrected chi connectivity index (χ1v) is 10.7. The SMILES string of the molecule is C[C@]12CC[C@H]3[C@@H](CCC4=CCCC[C@@]43C)[C@@H]1CC[C@@H]2c1cccnc1. The fourth-order valence-electron chi connectivity index (χ4n) is 7.88. The Morgan fingerprint density at radius 3 is 2.80 bits per heavy atom. The summed E-state index contributed by atoms with van der Waals surface area (Å²) in [5, 5.41) is 0. The smallest absolute Gasteiger partial charge is 0.0302 e. The lowest BCUT2D eigenvalue weighted by Crippen LogP contribution is -2.49. The van der Waals surface area contributed by atoms with Gasteiger partial charge in [-0.3, -0.25) is 4.98 Å². The zero-order valence-corrected chi connectivity index (χ0v) is 16.0. The van der Waals surface area contributed by atoms with Gasteiger partial charge in [0, 0.05) is 12.4 Å². The van der Waals surface area contributed by atoms with Crippen molar-refractivity contribution in [2.75, 3.05) is 0 Å². The van der Waals surface area contributed by atoms with Crippen molar-refractivity contribution >= 4 is 0 Å². The van der Waals surface area contributed by atoms with Crippen molar-refractivity contribution in [1.29, 1.82) is 0 Å². The van der Waals surface area contributed by atoms with Gasteiger partial charge in [0.1, 0.15) is 0 Å². The molecule has 0 aromatic carbocycles. The van der Waals surface area contributed by atoms with Crippen LogP contribution in [0.4, 0.5) is 0 Å². The number of fused-ring (bicyclic) bond motifs is 5. The Labute approximate surface area is 153 Å². The Kier molecular flexibility index (Phi) is 3.67. The van der Waals surface area contributed by atoms with Crippen LogP contribution in [-0.4, -0.2) is 4.98 Å². The average Bonchev–Trinajstić information content (AvgIpc) is 2.99. The van der Waals surface area contributed by atoms with E-state index in [0.717, 1.165) is 23.7 Å². The zero-order chi connectivity index (χ0) is 17.1. The van der Waals surface area contributed by atoms with E-state index in [1.54, 1.807) is 0 Å². The minimum atomic E-state index is 0.510. The molecule has 134 valence electrons. The molecule has 3 fully saturated rings. The van der Waals surface area contributed by atoms with Crippen molar-refractivity contribution in [3.63, 3.8) is 0 Å². The first-order chi connectivity index (χ1) is 12.1. The van der Waals surface area contributed by atoms with Crippen molar-refractivity contribution in [3.05, 3.63) is 41.7 Å². The maximum Gasteiger partial charge on any atom is 0.0302 e. The van der Waals surface area contributed by atoms with Crippen molar-refractivity contribution in [3.8, 4) is 0 Å². The molecule has 0 aliphatic heterocycles. The number of hydrogen-bond acceptors (Lipinski definition) is 1. The molecule has 0 saturated heterocycles. The summed E-state index contributed by atoms with van der Waals surface area (Å²) >= 11 is 0. The van der Waals surface area contributed by atoms with E-state index in [1.165, 1.54) is 63.4 Å². The Balaban J connectivity index is 1.47. The number of pyridine rings is 1. The van der Waals surface area contributed by atoms with Crippen molar-refractivity contribution in [1.82, 2.24) is 4.98 Å². The van der Waals surface area contributed by atoms with E-state index >= 15 is 0 Å². The molecule has 0 N–H and O–H groups in total. The fourth-order valence-corrected chi connectivity index (χ4v) is 7.88. The van der Waals surface area contributed by atoms with E-state index in [-0.39, 0.29) is 0 Å². The van der Waals surface area contributed by atoms with Gasteiger partial charge in [-0.2, -0.15) is 0 Å². The van der Waals surface area contributed by atoms with E-state index in [0.29, 0.717) is 10.8 Å². The molecule has 25 heavy (non-hydrogen) atoms. The van der Waals surface area contributed by atoms with Gasteiger partial charge in [0.15, 0.2) is 0 Å². The highest BCUT2D eigenvalue weighted by molar-refractivity contribution is 5.27. The molecule has 1 aromatic rings. The van der Waals surface area contributed by atoms with Gasteiger partial charge in [-0.05, 0) is 104 Å². The van der Waals surface area contributed by atoms with Crippen LogP contribution in [0, 0.1) is 28.6 Å². The van der Waals surface area contributed by atoms with Crippen LogP contribution in [0.15, 0.2) is 36.2 Å². The van der Waals surface area contributed by atoms with E-state index in [4.69, 9.17) is 0 Å². The highest BCUT2D eigenvalue weighted by atomic mass is 14.7. The summed E-state index contributed by atoms with van der Waals surface area (Å²) in [6.07, 6.45) is 19.5. The summed E-state index contributed by atoms with van der Waals surface area (Å²) in [6.45, 7) is 5.26. The lowest BCUT2D eigenvalue weighted by Gasteiger charge is -2.58. The maximum atomic E-state index is 4.44. The number of aromatic nitrogens is 1. The predicted octanol–water partition coefficient (Wildman–Crippen LogP) is 6.52. The topological polar surface area (TPSA) is 12.9 Å². The van der Waals surface area contributed by atoms with Crippen LogP contribution in [0.25, 0.3) is 0 Å². The van der Waals surface area contributed by atoms with Crippen molar-refractivity contribution < 1.29 is 0 Å². The second-order valence-corrected chi connectivity index (χ2v) is 9.92. The highest BCUT2D eigenvalue weighted by Crippen LogP contribution is 2.68. The number of rotatable bonds is 1. The van der Waals surface area contributed by atoms with Gasteiger partial charge in [-0.15, -0.1) is 0 Å². The molecule has 1 nitrogen and oxygen atoms in total. The monoisotopic (exact) mass is 335 g/mol. The van der Waals surface area contributed by atoms with Gasteiger partial charge in [0.2, 0.25) is 0 Å². The van der Waals surface area contributed by atoms with Crippen LogP contribution in [-0.2, 0) is 0 Å². The first kappa shape index (κ1) is 16.1. The molecule has 6 atom stereocenters. The lowest BCUT2D eigenvalue weighted by molar-refractivity contribution is -0.0415. The van der Waals surface area contributed by atoms with Crippen LogP contribution < -0.4 is 0 Å². The molecule has 0 spiro atoms. The van der Waals surface area contributed by atoms with E-state index < -0.39 is 0 Å². The summed E-state index contributed by atoms with van der Waals surface area (Å²) in [7, 11) is 0. The standard InChI is InChI=1S/C24H33N/c1-23-13-4-3-7-18(23)8-9-19-21-11-10-20(17-6-5-15-25-16-17)24(21,2)14-12-22(19)23/h5-7,15-16,19-22H,3-4,8-14H2,1-2H3/t19-,20+,21-,22-,23-,24+/m0/s1. The zero-order valence-electron chi connectivity index (χ0n) is 16.0. The summed E-state index contributed by atoms with van der Waals surface area (Å²) < 4.78 is 0. The Morgan fingerprint density at radius 2 is 1.96 bits per heavy atom. The minimum Gasteiger partial charge on any atom is -0.264 e. The van der Waals surface area contributed by atoms with E-state index in [2.05, 4.69) is 43.2 Å². The molecule has 1 heterocycles. The summed E-state index contributed by atoms with van der Waals surface area (Å²) in [5.41, 5.74) is 4.39. The fraction of sp³-hybridized carbons (Fsp3) is 0.708. The molecule has 0 amide bonds. The molecule has 0 bridgehead atoms. The summed E-state index contributed by atoms with van der Waals surface area (Å²) in [6, 6.07) is 4.47. The van der Waals surface area contributed by atoms with Crippen LogP contribution in [0.1, 0.15) is 83.1 Å². The molecule has 0 radical (unpaired) electrons. The minimum absolute atomic E-state index is 0.510. The van der Waals surface area contributed by atoms with Gasteiger partial charge in [0.25, 0.3) is 0 Å². The molecule has 4 aliphatic rings. The predicted molar refractivity (Wildman–Crippen MR) is 103 cm³/mol. The third-order valence-corrected chi connectivity index (χ3v) is 9.11. The number of nitrogens with zero attached hydrogens (tertiary/aromatic N) is 1. The van der Waals surface area contributed by atoms with E-state index in [1.807, 2.05) is 11.8 Å². The molecule has 5 rings (SSSR count).